The number of ketones is 1. The van der Waals surface area contributed by atoms with E-state index < -0.39 is 47.0 Å². The van der Waals surface area contributed by atoms with Crippen LogP contribution in [0.15, 0.2) is 24.3 Å². The molecule has 2 rings (SSSR count). The predicted octanol–water partition coefficient (Wildman–Crippen LogP) is -1.86. The van der Waals surface area contributed by atoms with Gasteiger partial charge in [-0.25, -0.2) is 0 Å². The van der Waals surface area contributed by atoms with Gasteiger partial charge < -0.3 is 30.9 Å². The van der Waals surface area contributed by atoms with E-state index in [1.54, 1.807) is 0 Å². The number of aliphatic hydroxyl groups is 4. The topological polar surface area (TPSA) is 176 Å². The molecule has 6 N–H and O–H groups in total. The van der Waals surface area contributed by atoms with Crippen molar-refractivity contribution in [1.29, 1.82) is 0 Å². The fraction of sp³-hybridized carbons (Fsp3) is 0.500. The number of hydrogen-bond acceptors (Lipinski definition) is 9. The van der Waals surface area contributed by atoms with Gasteiger partial charge in [-0.2, -0.15) is 0 Å². The molecule has 5 atom stereocenters. The standard InChI is InChI=1S/C14H18N2O8/c1-7(18)14(21)13(15,12(20)11(19)10(6-17)24-14)8-2-4-9(5-3-8)16(22)23/h2-5,10-12,17,19-21H,6,15H2,1H3/t10-,11-,12+,13-,14-/m1/s1. The lowest BCUT2D eigenvalue weighted by atomic mass is 9.71. The van der Waals surface area contributed by atoms with Crippen molar-refractivity contribution in [2.24, 2.45) is 5.73 Å². The van der Waals surface area contributed by atoms with Gasteiger partial charge in [0.2, 0.25) is 0 Å². The highest BCUT2D eigenvalue weighted by Gasteiger charge is 2.65. The van der Waals surface area contributed by atoms with Crippen molar-refractivity contribution in [1.82, 2.24) is 0 Å². The Hall–Kier alpha value is -1.95. The number of nitro groups is 1. The Bertz CT molecular complexity index is 651. The molecule has 10 nitrogen and oxygen atoms in total. The van der Waals surface area contributed by atoms with Crippen molar-refractivity contribution >= 4 is 11.5 Å². The van der Waals surface area contributed by atoms with Gasteiger partial charge >= 0.3 is 0 Å². The van der Waals surface area contributed by atoms with Crippen LogP contribution in [-0.4, -0.2) is 61.8 Å². The Morgan fingerprint density at radius 1 is 1.38 bits per heavy atom. The largest absolute Gasteiger partial charge is 0.394 e. The van der Waals surface area contributed by atoms with Crippen LogP contribution < -0.4 is 5.73 Å². The summed E-state index contributed by atoms with van der Waals surface area (Å²) in [5, 5.41) is 51.1. The van der Waals surface area contributed by atoms with E-state index in [4.69, 9.17) is 10.5 Å². The molecular weight excluding hydrogens is 324 g/mol. The van der Waals surface area contributed by atoms with E-state index in [9.17, 15) is 35.3 Å². The first-order valence-electron chi connectivity index (χ1n) is 7.01. The average molecular weight is 342 g/mol. The van der Waals surface area contributed by atoms with Crippen LogP contribution in [-0.2, 0) is 15.1 Å². The summed E-state index contributed by atoms with van der Waals surface area (Å²) >= 11 is 0. The summed E-state index contributed by atoms with van der Waals surface area (Å²) < 4.78 is 5.10. The summed E-state index contributed by atoms with van der Waals surface area (Å²) in [6.07, 6.45) is -5.03. The highest BCUT2D eigenvalue weighted by atomic mass is 16.7. The summed E-state index contributed by atoms with van der Waals surface area (Å²) in [5.41, 5.74) is 3.44. The molecule has 0 bridgehead atoms. The summed E-state index contributed by atoms with van der Waals surface area (Å²) in [5.74, 6) is -3.72. The molecule has 0 aromatic heterocycles. The second kappa shape index (κ2) is 6.16. The molecule has 0 unspecified atom stereocenters. The number of nitro benzene ring substituents is 1. The Morgan fingerprint density at radius 2 is 1.92 bits per heavy atom. The summed E-state index contributed by atoms with van der Waals surface area (Å²) in [4.78, 5) is 22.0. The maximum atomic E-state index is 12.0. The summed E-state index contributed by atoms with van der Waals surface area (Å²) in [6.45, 7) is 0.190. The fourth-order valence-corrected chi connectivity index (χ4v) is 2.80. The number of ether oxygens (including phenoxy) is 1. The zero-order valence-electron chi connectivity index (χ0n) is 12.7. The molecule has 1 aromatic rings. The molecule has 1 aliphatic heterocycles. The SMILES string of the molecule is CC(=O)[C@@]1(O)O[C@H](CO)[C@@H](O)[C@H](O)[C@]1(N)c1ccc([N+](=O)[O-])cc1. The van der Waals surface area contributed by atoms with E-state index >= 15 is 0 Å². The molecule has 0 amide bonds. The maximum absolute atomic E-state index is 12.0. The van der Waals surface area contributed by atoms with Gasteiger partial charge in [0.1, 0.15) is 23.9 Å². The van der Waals surface area contributed by atoms with Crippen LogP contribution in [0.3, 0.4) is 0 Å². The Labute approximate surface area is 136 Å². The molecule has 0 spiro atoms. The number of rotatable bonds is 4. The highest BCUT2D eigenvalue weighted by Crippen LogP contribution is 2.42. The number of Topliss-reactive ketones (excluding diaryl/α,β-unsaturated/α-hetero) is 1. The molecule has 0 aliphatic carbocycles. The lowest BCUT2D eigenvalue weighted by Crippen LogP contribution is -2.77. The van der Waals surface area contributed by atoms with Crippen molar-refractivity contribution in [2.45, 2.75) is 36.6 Å². The summed E-state index contributed by atoms with van der Waals surface area (Å²) in [7, 11) is 0. The Morgan fingerprint density at radius 3 is 2.33 bits per heavy atom. The maximum Gasteiger partial charge on any atom is 0.269 e. The van der Waals surface area contributed by atoms with Crippen LogP contribution in [0.5, 0.6) is 0 Å². The van der Waals surface area contributed by atoms with E-state index in [1.165, 1.54) is 0 Å². The van der Waals surface area contributed by atoms with Crippen molar-refractivity contribution in [3.8, 4) is 0 Å². The molecule has 0 saturated carbocycles. The second-order valence-corrected chi connectivity index (χ2v) is 5.65. The first-order chi connectivity index (χ1) is 11.1. The number of carbonyl (C=O) groups excluding carboxylic acids is 1. The number of benzene rings is 1. The number of aliphatic hydroxyl groups excluding tert-OH is 3. The van der Waals surface area contributed by atoms with Crippen LogP contribution >= 0.6 is 0 Å². The van der Waals surface area contributed by atoms with Crippen molar-refractivity contribution in [3.63, 3.8) is 0 Å². The van der Waals surface area contributed by atoms with Gasteiger partial charge in [-0.05, 0) is 5.56 Å². The van der Waals surface area contributed by atoms with Gasteiger partial charge in [-0.1, -0.05) is 12.1 Å². The molecule has 0 radical (unpaired) electrons. The van der Waals surface area contributed by atoms with Crippen LogP contribution in [0.2, 0.25) is 0 Å². The molecule has 1 aromatic carbocycles. The minimum atomic E-state index is -2.75. The number of hydrogen-bond donors (Lipinski definition) is 5. The number of nitrogens with zero attached hydrogens (tertiary/aromatic N) is 1. The summed E-state index contributed by atoms with van der Waals surface area (Å²) in [6, 6.07) is 4.43. The number of nitrogens with two attached hydrogens (primary N) is 1. The van der Waals surface area contributed by atoms with Gasteiger partial charge in [0, 0.05) is 19.1 Å². The first-order valence-corrected chi connectivity index (χ1v) is 7.01. The quantitative estimate of drug-likeness (QED) is 0.310. The van der Waals surface area contributed by atoms with E-state index in [2.05, 4.69) is 0 Å². The smallest absolute Gasteiger partial charge is 0.269 e. The highest BCUT2D eigenvalue weighted by molar-refractivity contribution is 5.85. The van der Waals surface area contributed by atoms with Gasteiger partial charge in [-0.15, -0.1) is 0 Å². The van der Waals surface area contributed by atoms with Crippen molar-refractivity contribution in [2.75, 3.05) is 6.61 Å². The van der Waals surface area contributed by atoms with Gasteiger partial charge in [0.15, 0.2) is 5.78 Å². The predicted molar refractivity (Wildman–Crippen MR) is 78.6 cm³/mol. The van der Waals surface area contributed by atoms with E-state index in [1.807, 2.05) is 0 Å². The normalized spacial score (nSPS) is 36.3. The minimum absolute atomic E-state index is 0.0614. The molecule has 1 saturated heterocycles. The third-order valence-corrected chi connectivity index (χ3v) is 4.27. The second-order valence-electron chi connectivity index (χ2n) is 5.65. The third kappa shape index (κ3) is 2.49. The van der Waals surface area contributed by atoms with Gasteiger partial charge in [0.05, 0.1) is 11.5 Å². The molecule has 1 heterocycles. The van der Waals surface area contributed by atoms with E-state index in [0.717, 1.165) is 31.2 Å². The third-order valence-electron chi connectivity index (χ3n) is 4.27. The Balaban J connectivity index is 2.60. The van der Waals surface area contributed by atoms with Crippen molar-refractivity contribution in [3.05, 3.63) is 39.9 Å². The fourth-order valence-electron chi connectivity index (χ4n) is 2.80. The molecule has 1 aliphatic rings. The lowest BCUT2D eigenvalue weighted by Gasteiger charge is -2.52. The monoisotopic (exact) mass is 342 g/mol. The van der Waals surface area contributed by atoms with Crippen LogP contribution in [0.4, 0.5) is 5.69 Å². The lowest BCUT2D eigenvalue weighted by molar-refractivity contribution is -0.384. The molecule has 132 valence electrons. The van der Waals surface area contributed by atoms with Crippen LogP contribution in [0.1, 0.15) is 12.5 Å². The Kier molecular flexibility index (Phi) is 4.72. The van der Waals surface area contributed by atoms with Crippen molar-refractivity contribution < 1.29 is 34.9 Å². The van der Waals surface area contributed by atoms with Crippen LogP contribution in [0, 0.1) is 10.1 Å². The molecule has 1 fully saturated rings. The van der Waals surface area contributed by atoms with Crippen LogP contribution in [0.25, 0.3) is 0 Å². The average Bonchev–Trinajstić information content (AvgIpc) is 2.56. The zero-order chi connectivity index (χ0) is 18.3. The van der Waals surface area contributed by atoms with E-state index in [0.29, 0.717) is 0 Å². The molecule has 10 heteroatoms. The number of carbonyl (C=O) groups is 1. The van der Waals surface area contributed by atoms with Gasteiger partial charge in [0.25, 0.3) is 11.5 Å². The minimum Gasteiger partial charge on any atom is -0.394 e. The zero-order valence-corrected chi connectivity index (χ0v) is 12.7. The molecule has 24 heavy (non-hydrogen) atoms. The van der Waals surface area contributed by atoms with E-state index in [-0.39, 0.29) is 11.3 Å². The molecular formula is C14H18N2O8. The van der Waals surface area contributed by atoms with Gasteiger partial charge in [-0.3, -0.25) is 14.9 Å². The number of non-ortho nitro benzene ring substituents is 1. The first kappa shape index (κ1) is 18.4.